The summed E-state index contributed by atoms with van der Waals surface area (Å²) in [5.74, 6) is 1.65. The van der Waals surface area contributed by atoms with Crippen LogP contribution in [0, 0.1) is 19.8 Å². The molecule has 0 aromatic carbocycles. The van der Waals surface area contributed by atoms with Crippen molar-refractivity contribution in [1.29, 1.82) is 0 Å². The number of nitrogens with one attached hydrogen (secondary N) is 2. The molecule has 2 N–H and O–H groups in total. The largest absolute Gasteiger partial charge is 0.361 e. The highest BCUT2D eigenvalue weighted by atomic mass is 16.5. The summed E-state index contributed by atoms with van der Waals surface area (Å²) in [5, 5.41) is 13.9. The van der Waals surface area contributed by atoms with E-state index in [1.165, 1.54) is 0 Å². The van der Waals surface area contributed by atoms with Gasteiger partial charge in [0.05, 0.1) is 18.7 Å². The summed E-state index contributed by atoms with van der Waals surface area (Å²) in [6.45, 7) is 6.39. The number of rotatable bonds is 7. The normalized spacial score (nSPS) is 15.5. The van der Waals surface area contributed by atoms with Gasteiger partial charge in [-0.25, -0.2) is 0 Å². The first-order chi connectivity index (χ1) is 13.4. The third kappa shape index (κ3) is 5.41. The molecule has 3 rings (SSSR count). The molecule has 2 amide bonds. The average molecular weight is 388 g/mol. The molecule has 1 aliphatic rings. The average Bonchev–Trinajstić information content (AvgIpc) is 3.20. The third-order valence-corrected chi connectivity index (χ3v) is 5.16. The van der Waals surface area contributed by atoms with Gasteiger partial charge in [0, 0.05) is 31.4 Å². The van der Waals surface area contributed by atoms with Gasteiger partial charge in [0.15, 0.2) is 5.82 Å². The van der Waals surface area contributed by atoms with E-state index in [-0.39, 0.29) is 11.8 Å². The van der Waals surface area contributed by atoms with Crippen molar-refractivity contribution in [2.45, 2.75) is 33.1 Å². The lowest BCUT2D eigenvalue weighted by atomic mass is 9.96. The quantitative estimate of drug-likeness (QED) is 0.734. The first kappa shape index (κ1) is 20.1. The van der Waals surface area contributed by atoms with E-state index in [9.17, 15) is 9.59 Å². The Morgan fingerprint density at radius 1 is 1.25 bits per heavy atom. The second-order valence-corrected chi connectivity index (χ2v) is 7.43. The van der Waals surface area contributed by atoms with Crippen molar-refractivity contribution < 1.29 is 14.1 Å². The van der Waals surface area contributed by atoms with E-state index in [1.807, 2.05) is 20.9 Å². The van der Waals surface area contributed by atoms with Crippen molar-refractivity contribution >= 4 is 17.6 Å². The van der Waals surface area contributed by atoms with Crippen LogP contribution in [-0.2, 0) is 23.1 Å². The van der Waals surface area contributed by atoms with Gasteiger partial charge >= 0.3 is 0 Å². The standard InChI is InChI=1S/C19H28N6O3/c1-13-16(14(2)28-23-13)10-18(26)20-11-15-4-8-25(9-5-15)12-19(27)21-17-6-7-24(3)22-17/h6-7,15H,4-5,8-12H2,1-3H3,(H,20,26)(H,21,22,27). The Kier molecular flexibility index (Phi) is 6.45. The van der Waals surface area contributed by atoms with Gasteiger partial charge < -0.3 is 15.2 Å². The lowest BCUT2D eigenvalue weighted by molar-refractivity contribution is -0.120. The van der Waals surface area contributed by atoms with E-state index in [1.54, 1.807) is 16.9 Å². The molecule has 1 saturated heterocycles. The van der Waals surface area contributed by atoms with Crippen molar-refractivity contribution in [3.63, 3.8) is 0 Å². The van der Waals surface area contributed by atoms with E-state index in [2.05, 4.69) is 25.8 Å². The predicted molar refractivity (Wildman–Crippen MR) is 104 cm³/mol. The van der Waals surface area contributed by atoms with Crippen LogP contribution in [0.5, 0.6) is 0 Å². The van der Waals surface area contributed by atoms with Crippen molar-refractivity contribution in [1.82, 2.24) is 25.2 Å². The molecule has 2 aromatic heterocycles. The number of anilines is 1. The molecular formula is C19H28N6O3. The number of carbonyl (C=O) groups excluding carboxylic acids is 2. The summed E-state index contributed by atoms with van der Waals surface area (Å²) in [4.78, 5) is 26.5. The van der Waals surface area contributed by atoms with Gasteiger partial charge in [-0.3, -0.25) is 19.2 Å². The second-order valence-electron chi connectivity index (χ2n) is 7.43. The van der Waals surface area contributed by atoms with Crippen molar-refractivity contribution in [3.05, 3.63) is 29.3 Å². The number of likely N-dealkylation sites (tertiary alicyclic amines) is 1. The Morgan fingerprint density at radius 2 is 2.00 bits per heavy atom. The second kappa shape index (κ2) is 9.01. The number of hydrogen-bond donors (Lipinski definition) is 2. The number of amides is 2. The molecule has 3 heterocycles. The van der Waals surface area contributed by atoms with Gasteiger partial charge in [-0.05, 0) is 45.7 Å². The Hall–Kier alpha value is -2.68. The number of aromatic nitrogens is 3. The first-order valence-corrected chi connectivity index (χ1v) is 9.61. The van der Waals surface area contributed by atoms with Crippen molar-refractivity contribution in [3.8, 4) is 0 Å². The Bertz CT molecular complexity index is 800. The SMILES string of the molecule is Cc1noc(C)c1CC(=O)NCC1CCN(CC(=O)Nc2ccn(C)n2)CC1. The van der Waals surface area contributed by atoms with Crippen LogP contribution >= 0.6 is 0 Å². The molecule has 0 atom stereocenters. The minimum atomic E-state index is -0.0510. The van der Waals surface area contributed by atoms with Crippen LogP contribution in [0.25, 0.3) is 0 Å². The maximum Gasteiger partial charge on any atom is 0.239 e. The van der Waals surface area contributed by atoms with Crippen molar-refractivity contribution in [2.24, 2.45) is 13.0 Å². The van der Waals surface area contributed by atoms with Gasteiger partial charge in [0.1, 0.15) is 5.76 Å². The lowest BCUT2D eigenvalue weighted by Gasteiger charge is -2.31. The Balaban J connectivity index is 1.35. The maximum atomic E-state index is 12.2. The van der Waals surface area contributed by atoms with Gasteiger partial charge in [-0.1, -0.05) is 5.16 Å². The molecule has 0 bridgehead atoms. The van der Waals surface area contributed by atoms with E-state index >= 15 is 0 Å². The van der Waals surface area contributed by atoms with Crippen LogP contribution in [-0.4, -0.2) is 57.8 Å². The fraction of sp³-hybridized carbons (Fsp3) is 0.579. The highest BCUT2D eigenvalue weighted by Crippen LogP contribution is 2.17. The van der Waals surface area contributed by atoms with E-state index in [0.29, 0.717) is 37.0 Å². The summed E-state index contributed by atoms with van der Waals surface area (Å²) in [5.41, 5.74) is 1.64. The molecular weight excluding hydrogens is 360 g/mol. The third-order valence-electron chi connectivity index (χ3n) is 5.16. The summed E-state index contributed by atoms with van der Waals surface area (Å²) in [6.07, 6.45) is 4.01. The molecule has 9 heteroatoms. The Morgan fingerprint density at radius 3 is 2.61 bits per heavy atom. The Labute approximate surface area is 164 Å². The van der Waals surface area contributed by atoms with Gasteiger partial charge in [-0.15, -0.1) is 0 Å². The van der Waals surface area contributed by atoms with E-state index in [4.69, 9.17) is 4.52 Å². The predicted octanol–water partition coefficient (Wildman–Crippen LogP) is 1.03. The zero-order valence-electron chi connectivity index (χ0n) is 16.7. The minimum absolute atomic E-state index is 0.00781. The number of hydrogen-bond acceptors (Lipinski definition) is 6. The zero-order chi connectivity index (χ0) is 20.1. The van der Waals surface area contributed by atoms with E-state index in [0.717, 1.165) is 37.2 Å². The minimum Gasteiger partial charge on any atom is -0.361 e. The number of nitrogens with zero attached hydrogens (tertiary/aromatic N) is 4. The lowest BCUT2D eigenvalue weighted by Crippen LogP contribution is -2.42. The molecule has 28 heavy (non-hydrogen) atoms. The smallest absolute Gasteiger partial charge is 0.239 e. The summed E-state index contributed by atoms with van der Waals surface area (Å²) < 4.78 is 6.75. The van der Waals surface area contributed by atoms with Crippen molar-refractivity contribution in [2.75, 3.05) is 31.5 Å². The van der Waals surface area contributed by atoms with Crippen LogP contribution in [0.15, 0.2) is 16.8 Å². The summed E-state index contributed by atoms with van der Waals surface area (Å²) >= 11 is 0. The maximum absolute atomic E-state index is 12.2. The molecule has 0 aliphatic carbocycles. The van der Waals surface area contributed by atoms with Crippen LogP contribution in [0.4, 0.5) is 5.82 Å². The van der Waals surface area contributed by atoms with Crippen LogP contribution in [0.1, 0.15) is 29.9 Å². The molecule has 0 saturated carbocycles. The molecule has 1 fully saturated rings. The summed E-state index contributed by atoms with van der Waals surface area (Å²) in [6, 6.07) is 1.77. The molecule has 0 radical (unpaired) electrons. The van der Waals surface area contributed by atoms with Crippen LogP contribution < -0.4 is 10.6 Å². The van der Waals surface area contributed by atoms with Gasteiger partial charge in [-0.2, -0.15) is 5.10 Å². The monoisotopic (exact) mass is 388 g/mol. The fourth-order valence-electron chi connectivity index (χ4n) is 3.45. The highest BCUT2D eigenvalue weighted by molar-refractivity contribution is 5.91. The summed E-state index contributed by atoms with van der Waals surface area (Å²) in [7, 11) is 1.81. The van der Waals surface area contributed by atoms with E-state index < -0.39 is 0 Å². The molecule has 0 spiro atoms. The number of aryl methyl sites for hydroxylation is 3. The zero-order valence-corrected chi connectivity index (χ0v) is 16.7. The number of carbonyl (C=O) groups is 2. The molecule has 152 valence electrons. The van der Waals surface area contributed by atoms with Crippen LogP contribution in [0.3, 0.4) is 0 Å². The molecule has 0 unspecified atom stereocenters. The van der Waals surface area contributed by atoms with Gasteiger partial charge in [0.25, 0.3) is 0 Å². The first-order valence-electron chi connectivity index (χ1n) is 9.61. The van der Waals surface area contributed by atoms with Crippen LogP contribution in [0.2, 0.25) is 0 Å². The number of piperidine rings is 1. The molecule has 1 aliphatic heterocycles. The highest BCUT2D eigenvalue weighted by Gasteiger charge is 2.22. The molecule has 9 nitrogen and oxygen atoms in total. The molecule has 2 aromatic rings. The topological polar surface area (TPSA) is 105 Å². The van der Waals surface area contributed by atoms with Gasteiger partial charge in [0.2, 0.25) is 11.8 Å². The fourth-order valence-corrected chi connectivity index (χ4v) is 3.45.